The molecule has 0 unspecified atom stereocenters. The van der Waals surface area contributed by atoms with E-state index in [1.54, 1.807) is 12.1 Å². The zero-order chi connectivity index (χ0) is 24.1. The van der Waals surface area contributed by atoms with Crippen molar-refractivity contribution in [2.24, 2.45) is 0 Å². The molecular weight excluding hydrogens is 450 g/mol. The number of aryl methyl sites for hydroxylation is 1. The lowest BCUT2D eigenvalue weighted by molar-refractivity contribution is -0.133. The summed E-state index contributed by atoms with van der Waals surface area (Å²) in [5.41, 5.74) is 3.79. The SMILES string of the molecule is Cc1cccc(N2CCN(C(=O)COc3ccc(S(=O)(=O)NC4CCCCC4)cc3)CC2)c1C. The van der Waals surface area contributed by atoms with Crippen LogP contribution in [0.25, 0.3) is 0 Å². The van der Waals surface area contributed by atoms with Gasteiger partial charge in [-0.3, -0.25) is 4.79 Å². The molecule has 2 fully saturated rings. The van der Waals surface area contributed by atoms with Gasteiger partial charge < -0.3 is 14.5 Å². The van der Waals surface area contributed by atoms with Gasteiger partial charge in [0.2, 0.25) is 10.0 Å². The van der Waals surface area contributed by atoms with E-state index < -0.39 is 10.0 Å². The summed E-state index contributed by atoms with van der Waals surface area (Å²) in [7, 11) is -3.54. The summed E-state index contributed by atoms with van der Waals surface area (Å²) >= 11 is 0. The topological polar surface area (TPSA) is 79.0 Å². The van der Waals surface area contributed by atoms with Crippen LogP contribution in [-0.2, 0) is 14.8 Å². The smallest absolute Gasteiger partial charge is 0.260 e. The predicted octanol–water partition coefficient (Wildman–Crippen LogP) is 3.64. The Labute approximate surface area is 203 Å². The zero-order valence-electron chi connectivity index (χ0n) is 20.1. The zero-order valence-corrected chi connectivity index (χ0v) is 20.9. The molecule has 2 aliphatic rings. The minimum Gasteiger partial charge on any atom is -0.484 e. The number of sulfonamides is 1. The third-order valence-corrected chi connectivity index (χ3v) is 8.51. The van der Waals surface area contributed by atoms with Crippen molar-refractivity contribution in [1.82, 2.24) is 9.62 Å². The van der Waals surface area contributed by atoms with Crippen molar-refractivity contribution < 1.29 is 17.9 Å². The predicted molar refractivity (Wildman–Crippen MR) is 134 cm³/mol. The number of benzene rings is 2. The van der Waals surface area contributed by atoms with Crippen LogP contribution in [0, 0.1) is 13.8 Å². The van der Waals surface area contributed by atoms with Gasteiger partial charge in [0.15, 0.2) is 6.61 Å². The van der Waals surface area contributed by atoms with Crippen molar-refractivity contribution in [1.29, 1.82) is 0 Å². The molecule has 1 amide bonds. The Kier molecular flexibility index (Phi) is 7.78. The van der Waals surface area contributed by atoms with E-state index >= 15 is 0 Å². The maximum absolute atomic E-state index is 12.7. The number of hydrogen-bond acceptors (Lipinski definition) is 5. The molecule has 0 radical (unpaired) electrons. The lowest BCUT2D eigenvalue weighted by atomic mass is 9.96. The maximum Gasteiger partial charge on any atom is 0.260 e. The molecule has 8 heteroatoms. The average Bonchev–Trinajstić information content (AvgIpc) is 2.85. The highest BCUT2D eigenvalue weighted by atomic mass is 32.2. The number of amides is 1. The van der Waals surface area contributed by atoms with Crippen molar-refractivity contribution in [2.75, 3.05) is 37.7 Å². The molecule has 1 saturated carbocycles. The van der Waals surface area contributed by atoms with Crippen molar-refractivity contribution in [3.05, 3.63) is 53.6 Å². The first-order chi connectivity index (χ1) is 16.3. The van der Waals surface area contributed by atoms with Gasteiger partial charge in [-0.2, -0.15) is 0 Å². The molecular formula is C26H35N3O4S. The van der Waals surface area contributed by atoms with Crippen molar-refractivity contribution in [3.63, 3.8) is 0 Å². The highest BCUT2D eigenvalue weighted by Gasteiger charge is 2.24. The van der Waals surface area contributed by atoms with Gasteiger partial charge in [-0.05, 0) is 68.1 Å². The van der Waals surface area contributed by atoms with E-state index in [2.05, 4.69) is 41.7 Å². The van der Waals surface area contributed by atoms with Crippen LogP contribution in [0.2, 0.25) is 0 Å². The molecule has 7 nitrogen and oxygen atoms in total. The van der Waals surface area contributed by atoms with Gasteiger partial charge in [-0.15, -0.1) is 0 Å². The monoisotopic (exact) mass is 485 g/mol. The van der Waals surface area contributed by atoms with Crippen LogP contribution in [0.5, 0.6) is 5.75 Å². The molecule has 1 aliphatic heterocycles. The van der Waals surface area contributed by atoms with Crippen molar-refractivity contribution in [3.8, 4) is 5.75 Å². The summed E-state index contributed by atoms with van der Waals surface area (Å²) in [6, 6.07) is 12.6. The van der Waals surface area contributed by atoms with Crippen molar-refractivity contribution >= 4 is 21.6 Å². The Morgan fingerprint density at radius 1 is 0.971 bits per heavy atom. The summed E-state index contributed by atoms with van der Waals surface area (Å²) in [6.07, 6.45) is 5.08. The lowest BCUT2D eigenvalue weighted by Gasteiger charge is -2.37. The Hall–Kier alpha value is -2.58. The molecule has 0 bridgehead atoms. The van der Waals surface area contributed by atoms with Gasteiger partial charge in [0.25, 0.3) is 5.91 Å². The second kappa shape index (κ2) is 10.8. The highest BCUT2D eigenvalue weighted by Crippen LogP contribution is 2.24. The number of ether oxygens (including phenoxy) is 1. The second-order valence-corrected chi connectivity index (χ2v) is 11.0. The van der Waals surface area contributed by atoms with E-state index in [1.165, 1.54) is 35.4 Å². The Balaban J connectivity index is 1.26. The third-order valence-electron chi connectivity index (χ3n) is 6.97. The van der Waals surface area contributed by atoms with Gasteiger partial charge in [0.05, 0.1) is 4.90 Å². The van der Waals surface area contributed by atoms with Gasteiger partial charge in [0, 0.05) is 37.9 Å². The van der Waals surface area contributed by atoms with Crippen molar-refractivity contribution in [2.45, 2.75) is 56.9 Å². The number of carbonyl (C=O) groups excluding carboxylic acids is 1. The standard InChI is InChI=1S/C26H35N3O4S/c1-20-7-6-10-25(21(20)2)28-15-17-29(18-16-28)26(30)19-33-23-11-13-24(14-12-23)34(31,32)27-22-8-4-3-5-9-22/h6-7,10-14,22,27H,3-5,8-9,15-19H2,1-2H3. The van der Waals surface area contributed by atoms with E-state index in [4.69, 9.17) is 4.74 Å². The normalized spacial score (nSPS) is 17.6. The number of anilines is 1. The van der Waals surface area contributed by atoms with Crippen LogP contribution < -0.4 is 14.4 Å². The number of hydrogen-bond donors (Lipinski definition) is 1. The molecule has 0 spiro atoms. The van der Waals surface area contributed by atoms with Crippen LogP contribution in [0.4, 0.5) is 5.69 Å². The molecule has 1 saturated heterocycles. The van der Waals surface area contributed by atoms with E-state index in [-0.39, 0.29) is 23.5 Å². The largest absolute Gasteiger partial charge is 0.484 e. The van der Waals surface area contributed by atoms with Crippen LogP contribution in [0.15, 0.2) is 47.4 Å². The molecule has 1 aliphatic carbocycles. The van der Waals surface area contributed by atoms with Crippen LogP contribution in [0.1, 0.15) is 43.2 Å². The van der Waals surface area contributed by atoms with E-state index in [9.17, 15) is 13.2 Å². The first-order valence-corrected chi connectivity index (χ1v) is 13.7. The third kappa shape index (κ3) is 5.91. The highest BCUT2D eigenvalue weighted by molar-refractivity contribution is 7.89. The molecule has 1 N–H and O–H groups in total. The van der Waals surface area contributed by atoms with Gasteiger partial charge in [0.1, 0.15) is 5.75 Å². The molecule has 0 atom stereocenters. The Morgan fingerprint density at radius 2 is 1.65 bits per heavy atom. The molecule has 184 valence electrons. The molecule has 34 heavy (non-hydrogen) atoms. The van der Waals surface area contributed by atoms with Gasteiger partial charge >= 0.3 is 0 Å². The molecule has 4 rings (SSSR count). The molecule has 2 aromatic carbocycles. The fourth-order valence-corrected chi connectivity index (χ4v) is 6.04. The first kappa shape index (κ1) is 24.5. The number of nitrogens with zero attached hydrogens (tertiary/aromatic N) is 2. The number of rotatable bonds is 7. The van der Waals surface area contributed by atoms with Crippen LogP contribution >= 0.6 is 0 Å². The van der Waals surface area contributed by atoms with Crippen LogP contribution in [0.3, 0.4) is 0 Å². The fourth-order valence-electron chi connectivity index (χ4n) is 4.73. The summed E-state index contributed by atoms with van der Waals surface area (Å²) in [5, 5.41) is 0. The molecule has 1 heterocycles. The minimum atomic E-state index is -3.54. The summed E-state index contributed by atoms with van der Waals surface area (Å²) in [6.45, 7) is 7.08. The summed E-state index contributed by atoms with van der Waals surface area (Å²) in [5.74, 6) is 0.426. The molecule has 0 aromatic heterocycles. The first-order valence-electron chi connectivity index (χ1n) is 12.2. The lowest BCUT2D eigenvalue weighted by Crippen LogP contribution is -2.50. The fraction of sp³-hybridized carbons (Fsp3) is 0.500. The maximum atomic E-state index is 12.7. The van der Waals surface area contributed by atoms with Crippen LogP contribution in [-0.4, -0.2) is 58.1 Å². The number of carbonyl (C=O) groups is 1. The quantitative estimate of drug-likeness (QED) is 0.648. The second-order valence-electron chi connectivity index (χ2n) is 9.30. The summed E-state index contributed by atoms with van der Waals surface area (Å²) in [4.78, 5) is 17.0. The Bertz CT molecular complexity index is 1090. The molecule has 2 aromatic rings. The van der Waals surface area contributed by atoms with Gasteiger partial charge in [-0.1, -0.05) is 31.4 Å². The van der Waals surface area contributed by atoms with E-state index in [1.807, 2.05) is 4.90 Å². The van der Waals surface area contributed by atoms with E-state index in [0.29, 0.717) is 18.8 Å². The van der Waals surface area contributed by atoms with Gasteiger partial charge in [-0.25, -0.2) is 13.1 Å². The minimum absolute atomic E-state index is 0.0163. The number of piperazine rings is 1. The Morgan fingerprint density at radius 3 is 2.32 bits per heavy atom. The number of nitrogens with one attached hydrogen (secondary N) is 1. The van der Waals surface area contributed by atoms with E-state index in [0.717, 1.165) is 38.8 Å². The summed E-state index contributed by atoms with van der Waals surface area (Å²) < 4.78 is 33.8. The average molecular weight is 486 g/mol.